The minimum absolute atomic E-state index is 0.170. The van der Waals surface area contributed by atoms with Crippen molar-refractivity contribution >= 4 is 34.8 Å². The molecule has 0 bridgehead atoms. The molecule has 0 aliphatic rings. The van der Waals surface area contributed by atoms with Gasteiger partial charge in [-0.1, -0.05) is 23.7 Å². The lowest BCUT2D eigenvalue weighted by molar-refractivity contribution is 0.102. The number of aryl methyl sites for hydroxylation is 2. The first-order valence-corrected chi connectivity index (χ1v) is 8.81. The zero-order valence-corrected chi connectivity index (χ0v) is 16.0. The zero-order valence-electron chi connectivity index (χ0n) is 15.2. The van der Waals surface area contributed by atoms with Gasteiger partial charge in [-0.3, -0.25) is 14.6 Å². The number of carbonyl (C=O) groups excluding carboxylic acids is 2. The number of hydrogen-bond donors (Lipinski definition) is 2. The molecule has 0 aliphatic carbocycles. The predicted molar refractivity (Wildman–Crippen MR) is 107 cm³/mol. The molecule has 3 rings (SSSR count). The van der Waals surface area contributed by atoms with E-state index in [0.717, 1.165) is 11.1 Å². The van der Waals surface area contributed by atoms with Crippen LogP contribution in [0.2, 0.25) is 5.02 Å². The Morgan fingerprint density at radius 1 is 0.964 bits per heavy atom. The largest absolute Gasteiger partial charge is 0.322 e. The molecule has 2 amide bonds. The quantitative estimate of drug-likeness (QED) is 0.651. The van der Waals surface area contributed by atoms with Crippen LogP contribution in [0.5, 0.6) is 0 Å². The third-order valence-electron chi connectivity index (χ3n) is 4.02. The van der Waals surface area contributed by atoms with Crippen molar-refractivity contribution in [2.75, 3.05) is 10.6 Å². The second kappa shape index (κ2) is 8.19. The Kier molecular flexibility index (Phi) is 5.70. The highest BCUT2D eigenvalue weighted by Crippen LogP contribution is 2.27. The van der Waals surface area contributed by atoms with Gasteiger partial charge in [0.2, 0.25) is 0 Å². The first-order chi connectivity index (χ1) is 13.3. The zero-order chi connectivity index (χ0) is 20.3. The summed E-state index contributed by atoms with van der Waals surface area (Å²) in [4.78, 5) is 28.9. The fraction of sp³-hybridized carbons (Fsp3) is 0.0952. The van der Waals surface area contributed by atoms with E-state index in [0.29, 0.717) is 16.4 Å². The van der Waals surface area contributed by atoms with Crippen molar-refractivity contribution < 1.29 is 14.0 Å². The molecule has 2 aromatic carbocycles. The number of carbonyl (C=O) groups is 2. The molecule has 28 heavy (non-hydrogen) atoms. The van der Waals surface area contributed by atoms with Crippen LogP contribution in [0.3, 0.4) is 0 Å². The molecular formula is C21H17ClFN3O2. The minimum atomic E-state index is -0.503. The van der Waals surface area contributed by atoms with E-state index in [2.05, 4.69) is 15.6 Å². The molecule has 0 saturated carbocycles. The molecule has 0 fully saturated rings. The van der Waals surface area contributed by atoms with Gasteiger partial charge >= 0.3 is 0 Å². The Labute approximate surface area is 166 Å². The summed E-state index contributed by atoms with van der Waals surface area (Å²) >= 11 is 6.23. The van der Waals surface area contributed by atoms with Gasteiger partial charge in [0, 0.05) is 18.1 Å². The highest BCUT2D eigenvalue weighted by Gasteiger charge is 2.14. The molecule has 3 aromatic rings. The molecule has 142 valence electrons. The number of halogens is 2. The molecule has 7 heteroatoms. The van der Waals surface area contributed by atoms with Gasteiger partial charge in [0.05, 0.1) is 21.8 Å². The van der Waals surface area contributed by atoms with Crippen LogP contribution in [-0.2, 0) is 0 Å². The lowest BCUT2D eigenvalue weighted by Crippen LogP contribution is -2.17. The van der Waals surface area contributed by atoms with Crippen LogP contribution in [0.4, 0.5) is 15.8 Å². The van der Waals surface area contributed by atoms with E-state index >= 15 is 0 Å². The Hall–Kier alpha value is -3.25. The van der Waals surface area contributed by atoms with Crippen LogP contribution in [-0.4, -0.2) is 16.8 Å². The maximum absolute atomic E-state index is 13.3. The molecule has 2 N–H and O–H groups in total. The van der Waals surface area contributed by atoms with Crippen molar-refractivity contribution in [1.29, 1.82) is 0 Å². The van der Waals surface area contributed by atoms with E-state index < -0.39 is 17.6 Å². The van der Waals surface area contributed by atoms with Crippen LogP contribution >= 0.6 is 11.6 Å². The number of aromatic nitrogens is 1. The molecule has 0 atom stereocenters. The summed E-state index contributed by atoms with van der Waals surface area (Å²) in [7, 11) is 0. The number of hydrogen-bond acceptors (Lipinski definition) is 3. The van der Waals surface area contributed by atoms with Crippen LogP contribution in [0.25, 0.3) is 0 Å². The number of rotatable bonds is 4. The van der Waals surface area contributed by atoms with Crippen molar-refractivity contribution in [1.82, 2.24) is 4.98 Å². The number of amides is 2. The SMILES string of the molecule is Cc1cc(C)c(NC(=O)c2cncc(C(=O)Nc3cccc(F)c3)c2)c(Cl)c1. The van der Waals surface area contributed by atoms with Gasteiger partial charge in [-0.15, -0.1) is 0 Å². The van der Waals surface area contributed by atoms with Crippen molar-refractivity contribution in [2.45, 2.75) is 13.8 Å². The summed E-state index contributed by atoms with van der Waals surface area (Å²) in [6, 6.07) is 10.6. The van der Waals surface area contributed by atoms with Gasteiger partial charge in [-0.25, -0.2) is 4.39 Å². The summed E-state index contributed by atoms with van der Waals surface area (Å²) in [6.07, 6.45) is 2.68. The number of pyridine rings is 1. The first kappa shape index (κ1) is 19.5. The second-order valence-electron chi connectivity index (χ2n) is 6.32. The Bertz CT molecular complexity index is 1050. The number of nitrogens with zero attached hydrogens (tertiary/aromatic N) is 1. The molecule has 0 spiro atoms. The van der Waals surface area contributed by atoms with Crippen molar-refractivity contribution in [3.63, 3.8) is 0 Å². The van der Waals surface area contributed by atoms with E-state index in [-0.39, 0.29) is 11.1 Å². The third-order valence-corrected chi connectivity index (χ3v) is 4.31. The molecule has 0 aliphatic heterocycles. The van der Waals surface area contributed by atoms with Gasteiger partial charge in [-0.05, 0) is 55.3 Å². The van der Waals surface area contributed by atoms with Crippen LogP contribution in [0.1, 0.15) is 31.8 Å². The summed E-state index contributed by atoms with van der Waals surface area (Å²) in [5.41, 5.74) is 2.99. The summed E-state index contributed by atoms with van der Waals surface area (Å²) in [6.45, 7) is 3.75. The number of benzene rings is 2. The maximum atomic E-state index is 13.3. The van der Waals surface area contributed by atoms with E-state index in [1.165, 1.54) is 36.7 Å². The minimum Gasteiger partial charge on any atom is -0.322 e. The molecule has 0 saturated heterocycles. The Morgan fingerprint density at radius 2 is 1.64 bits per heavy atom. The average molecular weight is 398 g/mol. The van der Waals surface area contributed by atoms with Gasteiger partial charge in [0.25, 0.3) is 11.8 Å². The molecular weight excluding hydrogens is 381 g/mol. The fourth-order valence-electron chi connectivity index (χ4n) is 2.72. The number of anilines is 2. The molecule has 1 heterocycles. The van der Waals surface area contributed by atoms with Gasteiger partial charge < -0.3 is 10.6 Å². The highest BCUT2D eigenvalue weighted by atomic mass is 35.5. The van der Waals surface area contributed by atoms with Gasteiger partial charge in [0.15, 0.2) is 0 Å². The highest BCUT2D eigenvalue weighted by molar-refractivity contribution is 6.34. The summed E-state index contributed by atoms with van der Waals surface area (Å²) in [5, 5.41) is 5.75. The van der Waals surface area contributed by atoms with Crippen molar-refractivity contribution in [3.8, 4) is 0 Å². The van der Waals surface area contributed by atoms with Crippen LogP contribution in [0, 0.1) is 19.7 Å². The fourth-order valence-corrected chi connectivity index (χ4v) is 3.09. The van der Waals surface area contributed by atoms with E-state index in [4.69, 9.17) is 11.6 Å². The third kappa shape index (κ3) is 4.53. The van der Waals surface area contributed by atoms with E-state index in [1.807, 2.05) is 19.9 Å². The predicted octanol–water partition coefficient (Wildman–Crippen LogP) is 5.00. The molecule has 0 unspecified atom stereocenters. The lowest BCUT2D eigenvalue weighted by atomic mass is 10.1. The number of nitrogens with one attached hydrogen (secondary N) is 2. The molecule has 0 radical (unpaired) electrons. The van der Waals surface area contributed by atoms with Gasteiger partial charge in [-0.2, -0.15) is 0 Å². The van der Waals surface area contributed by atoms with Crippen molar-refractivity contribution in [2.24, 2.45) is 0 Å². The van der Waals surface area contributed by atoms with Crippen LogP contribution in [0.15, 0.2) is 54.9 Å². The summed E-state index contributed by atoms with van der Waals surface area (Å²) in [5.74, 6) is -1.41. The van der Waals surface area contributed by atoms with Crippen molar-refractivity contribution in [3.05, 3.63) is 88.0 Å². The molecule has 1 aromatic heterocycles. The Morgan fingerprint density at radius 3 is 2.29 bits per heavy atom. The van der Waals surface area contributed by atoms with Crippen LogP contribution < -0.4 is 10.6 Å². The smallest absolute Gasteiger partial charge is 0.257 e. The molecule has 5 nitrogen and oxygen atoms in total. The summed E-state index contributed by atoms with van der Waals surface area (Å²) < 4.78 is 13.3. The second-order valence-corrected chi connectivity index (χ2v) is 6.73. The maximum Gasteiger partial charge on any atom is 0.257 e. The average Bonchev–Trinajstić information content (AvgIpc) is 2.64. The standard InChI is InChI=1S/C21H17ClFN3O2/c1-12-6-13(2)19(18(22)7-12)26-21(28)15-8-14(10-24-11-15)20(27)25-17-5-3-4-16(23)9-17/h3-11H,1-2H3,(H,25,27)(H,26,28). The normalized spacial score (nSPS) is 10.4. The van der Waals surface area contributed by atoms with Gasteiger partial charge in [0.1, 0.15) is 5.82 Å². The topological polar surface area (TPSA) is 71.1 Å². The lowest BCUT2D eigenvalue weighted by Gasteiger charge is -2.12. The Balaban J connectivity index is 1.79. The first-order valence-electron chi connectivity index (χ1n) is 8.43. The van der Waals surface area contributed by atoms with E-state index in [9.17, 15) is 14.0 Å². The van der Waals surface area contributed by atoms with E-state index in [1.54, 1.807) is 12.1 Å². The monoisotopic (exact) mass is 397 g/mol.